The minimum absolute atomic E-state index is 0.942. The van der Waals surface area contributed by atoms with Gasteiger partial charge in [-0.3, -0.25) is 0 Å². The van der Waals surface area contributed by atoms with Crippen molar-refractivity contribution in [3.63, 3.8) is 0 Å². The van der Waals surface area contributed by atoms with Crippen molar-refractivity contribution in [2.24, 2.45) is 0 Å². The third-order valence-electron chi connectivity index (χ3n) is 4.65. The van der Waals surface area contributed by atoms with Gasteiger partial charge < -0.3 is 4.74 Å². The Bertz CT molecular complexity index is 933. The summed E-state index contributed by atoms with van der Waals surface area (Å²) < 4.78 is 5.66. The zero-order valence-electron chi connectivity index (χ0n) is 13.8. The number of benzene rings is 3. The summed E-state index contributed by atoms with van der Waals surface area (Å²) in [7, 11) is 1.75. The molecule has 0 amide bonds. The quantitative estimate of drug-likeness (QED) is 0.567. The van der Waals surface area contributed by atoms with Gasteiger partial charge in [-0.15, -0.1) is 0 Å². The van der Waals surface area contributed by atoms with E-state index in [1.807, 2.05) is 0 Å². The van der Waals surface area contributed by atoms with Crippen LogP contribution >= 0.6 is 0 Å². The van der Waals surface area contributed by atoms with Gasteiger partial charge in [0.05, 0.1) is 7.11 Å². The molecule has 0 saturated heterocycles. The van der Waals surface area contributed by atoms with E-state index < -0.39 is 0 Å². The van der Waals surface area contributed by atoms with E-state index in [1.165, 1.54) is 27.7 Å². The molecule has 24 heavy (non-hydrogen) atoms. The average Bonchev–Trinajstić information content (AvgIpc) is 2.68. The van der Waals surface area contributed by atoms with Gasteiger partial charge in [-0.1, -0.05) is 66.7 Å². The highest BCUT2D eigenvalue weighted by Gasteiger charge is 2.14. The second kappa shape index (κ2) is 6.37. The Kier molecular flexibility index (Phi) is 3.92. The van der Waals surface area contributed by atoms with Crippen LogP contribution in [0.1, 0.15) is 24.0 Å². The van der Waals surface area contributed by atoms with Gasteiger partial charge >= 0.3 is 0 Å². The van der Waals surface area contributed by atoms with Crippen molar-refractivity contribution < 1.29 is 4.74 Å². The molecule has 118 valence electrons. The number of fused-ring (bicyclic) bond motifs is 1. The molecule has 0 bridgehead atoms. The molecule has 1 nitrogen and oxygen atoms in total. The maximum atomic E-state index is 5.66. The Labute approximate surface area is 142 Å². The van der Waals surface area contributed by atoms with E-state index in [0.717, 1.165) is 24.0 Å². The molecular formula is C23H20O. The summed E-state index contributed by atoms with van der Waals surface area (Å²) >= 11 is 0. The highest BCUT2D eigenvalue weighted by Crippen LogP contribution is 2.38. The fourth-order valence-corrected chi connectivity index (χ4v) is 3.47. The summed E-state index contributed by atoms with van der Waals surface area (Å²) in [5.41, 5.74) is 5.25. The van der Waals surface area contributed by atoms with Crippen molar-refractivity contribution in [1.29, 1.82) is 0 Å². The topological polar surface area (TPSA) is 9.23 Å². The number of methoxy groups -OCH3 is 1. The van der Waals surface area contributed by atoms with Gasteiger partial charge in [0.15, 0.2) is 0 Å². The first-order valence-corrected chi connectivity index (χ1v) is 8.39. The maximum absolute atomic E-state index is 5.66. The van der Waals surface area contributed by atoms with Crippen LogP contribution in [0, 0.1) is 0 Å². The van der Waals surface area contributed by atoms with Crippen LogP contribution in [0.3, 0.4) is 0 Å². The molecule has 3 aromatic carbocycles. The fourth-order valence-electron chi connectivity index (χ4n) is 3.47. The first-order chi connectivity index (χ1) is 11.9. The van der Waals surface area contributed by atoms with E-state index in [9.17, 15) is 0 Å². The van der Waals surface area contributed by atoms with Crippen LogP contribution in [-0.4, -0.2) is 7.11 Å². The number of hydrogen-bond acceptors (Lipinski definition) is 1. The van der Waals surface area contributed by atoms with E-state index in [1.54, 1.807) is 7.11 Å². The molecule has 0 atom stereocenters. The lowest BCUT2D eigenvalue weighted by Gasteiger charge is -2.18. The molecule has 1 aliphatic carbocycles. The van der Waals surface area contributed by atoms with Gasteiger partial charge in [0.25, 0.3) is 0 Å². The van der Waals surface area contributed by atoms with Crippen molar-refractivity contribution in [2.75, 3.05) is 7.11 Å². The highest BCUT2D eigenvalue weighted by molar-refractivity contribution is 6.00. The van der Waals surface area contributed by atoms with Crippen molar-refractivity contribution in [2.45, 2.75) is 12.8 Å². The normalized spacial score (nSPS) is 14.2. The molecule has 0 spiro atoms. The Morgan fingerprint density at radius 3 is 2.46 bits per heavy atom. The first-order valence-electron chi connectivity index (χ1n) is 8.39. The van der Waals surface area contributed by atoms with Crippen LogP contribution in [-0.2, 0) is 0 Å². The molecule has 0 aliphatic heterocycles. The molecule has 0 fully saturated rings. The zero-order valence-corrected chi connectivity index (χ0v) is 13.8. The minimum atomic E-state index is 0.942. The van der Waals surface area contributed by atoms with Crippen molar-refractivity contribution >= 4 is 21.9 Å². The van der Waals surface area contributed by atoms with Crippen molar-refractivity contribution in [3.8, 4) is 5.75 Å². The summed E-state index contributed by atoms with van der Waals surface area (Å²) in [6.45, 7) is 0. The van der Waals surface area contributed by atoms with Gasteiger partial charge in [-0.05, 0) is 52.6 Å². The van der Waals surface area contributed by atoms with Gasteiger partial charge in [0.1, 0.15) is 5.75 Å². The summed E-state index contributed by atoms with van der Waals surface area (Å²) in [4.78, 5) is 0. The predicted octanol–water partition coefficient (Wildman–Crippen LogP) is 6.11. The van der Waals surface area contributed by atoms with Crippen LogP contribution in [0.4, 0.5) is 0 Å². The number of hydrogen-bond donors (Lipinski definition) is 0. The lowest BCUT2D eigenvalue weighted by Crippen LogP contribution is -1.96. The monoisotopic (exact) mass is 312 g/mol. The molecule has 0 N–H and O–H groups in total. The van der Waals surface area contributed by atoms with Crippen LogP contribution in [0.25, 0.3) is 21.9 Å². The number of rotatable bonds is 3. The summed E-state index contributed by atoms with van der Waals surface area (Å²) in [5.74, 6) is 0.942. The van der Waals surface area contributed by atoms with Crippen LogP contribution in [0.15, 0.2) is 78.9 Å². The summed E-state index contributed by atoms with van der Waals surface area (Å²) in [6, 6.07) is 23.5. The lowest BCUT2D eigenvalue weighted by molar-refractivity contribution is 0.419. The molecule has 0 saturated carbocycles. The average molecular weight is 312 g/mol. The van der Waals surface area contributed by atoms with E-state index in [4.69, 9.17) is 4.74 Å². The lowest BCUT2D eigenvalue weighted by atomic mass is 9.87. The summed E-state index contributed by atoms with van der Waals surface area (Å²) in [6.07, 6.45) is 6.67. The van der Waals surface area contributed by atoms with Crippen molar-refractivity contribution in [1.82, 2.24) is 0 Å². The molecule has 4 rings (SSSR count). The maximum Gasteiger partial charge on any atom is 0.127 e. The Hall–Kier alpha value is -2.80. The summed E-state index contributed by atoms with van der Waals surface area (Å²) in [5, 5.41) is 2.39. The minimum Gasteiger partial charge on any atom is -0.496 e. The van der Waals surface area contributed by atoms with E-state index in [-0.39, 0.29) is 0 Å². The van der Waals surface area contributed by atoms with Crippen LogP contribution in [0.2, 0.25) is 0 Å². The van der Waals surface area contributed by atoms with Crippen LogP contribution in [0.5, 0.6) is 5.75 Å². The molecule has 0 radical (unpaired) electrons. The molecule has 0 heterocycles. The molecular weight excluding hydrogens is 292 g/mol. The van der Waals surface area contributed by atoms with Gasteiger partial charge in [-0.25, -0.2) is 0 Å². The van der Waals surface area contributed by atoms with Gasteiger partial charge in [0.2, 0.25) is 0 Å². The number of ether oxygens (including phenoxy) is 1. The first kappa shape index (κ1) is 14.8. The van der Waals surface area contributed by atoms with E-state index in [2.05, 4.69) is 78.9 Å². The molecule has 0 aromatic heterocycles. The third-order valence-corrected chi connectivity index (χ3v) is 4.65. The Morgan fingerprint density at radius 1 is 0.833 bits per heavy atom. The fraction of sp³-hybridized carbons (Fsp3) is 0.130. The largest absolute Gasteiger partial charge is 0.496 e. The highest BCUT2D eigenvalue weighted by atomic mass is 16.5. The predicted molar refractivity (Wildman–Crippen MR) is 102 cm³/mol. The molecule has 3 aromatic rings. The van der Waals surface area contributed by atoms with E-state index in [0.29, 0.717) is 0 Å². The van der Waals surface area contributed by atoms with Gasteiger partial charge in [0, 0.05) is 5.39 Å². The van der Waals surface area contributed by atoms with Gasteiger partial charge in [-0.2, -0.15) is 0 Å². The van der Waals surface area contributed by atoms with Crippen molar-refractivity contribution in [3.05, 3.63) is 90.0 Å². The second-order valence-electron chi connectivity index (χ2n) is 6.10. The Balaban J connectivity index is 1.94. The smallest absolute Gasteiger partial charge is 0.127 e. The molecule has 0 unspecified atom stereocenters. The Morgan fingerprint density at radius 2 is 1.62 bits per heavy atom. The molecule has 1 aliphatic rings. The molecule has 1 heteroatoms. The van der Waals surface area contributed by atoms with E-state index >= 15 is 0 Å². The SMILES string of the molecule is COc1cc(C2=C(c3ccccc3)C=CCC2)cc2ccccc12. The third kappa shape index (κ3) is 2.63. The van der Waals surface area contributed by atoms with Crippen LogP contribution < -0.4 is 4.74 Å². The standard InChI is InChI=1S/C23H20O/c1-24-23-16-19(15-18-11-5-6-14-22(18)23)21-13-8-7-12-20(21)17-9-3-2-4-10-17/h2-7,9-12,14-16H,8,13H2,1H3. The zero-order chi connectivity index (χ0) is 16.4. The number of allylic oxidation sites excluding steroid dienone is 4. The second-order valence-corrected chi connectivity index (χ2v) is 6.10.